The van der Waals surface area contributed by atoms with Gasteiger partial charge in [-0.2, -0.15) is 0 Å². The molecule has 0 aliphatic heterocycles. The first-order valence-electron chi connectivity index (χ1n) is 9.03. The van der Waals surface area contributed by atoms with Crippen LogP contribution in [-0.4, -0.2) is 37.7 Å². The third-order valence-corrected chi connectivity index (χ3v) is 3.88. The third-order valence-electron chi connectivity index (χ3n) is 3.88. The van der Waals surface area contributed by atoms with Gasteiger partial charge < -0.3 is 24.5 Å². The molecule has 0 bridgehead atoms. The Balaban J connectivity index is 1.82. The number of hydrogen-bond acceptors (Lipinski definition) is 5. The van der Waals surface area contributed by atoms with E-state index < -0.39 is 0 Å². The van der Waals surface area contributed by atoms with Crippen LogP contribution in [-0.2, 0) is 12.0 Å². The van der Waals surface area contributed by atoms with E-state index >= 15 is 0 Å². The lowest BCUT2D eigenvalue weighted by Crippen LogP contribution is -2.41. The van der Waals surface area contributed by atoms with E-state index in [1.165, 1.54) is 0 Å². The van der Waals surface area contributed by atoms with Gasteiger partial charge in [0.15, 0.2) is 17.5 Å². The standard InChI is InChI=1S/C20H30N4O3/c1-14(26-16-10-8-7-9-15(16)25-6)11-23-19(21-5)24-13-18-22-12-17(27-18)20(2,3)4/h7-10,12,14H,11,13H2,1-6H3,(H2,21,23,24). The van der Waals surface area contributed by atoms with Crippen LogP contribution in [0, 0.1) is 0 Å². The zero-order valence-electron chi connectivity index (χ0n) is 17.0. The summed E-state index contributed by atoms with van der Waals surface area (Å²) in [6.45, 7) is 9.29. The Morgan fingerprint density at radius 1 is 1.22 bits per heavy atom. The Bertz CT molecular complexity index is 750. The van der Waals surface area contributed by atoms with Crippen LogP contribution in [0.1, 0.15) is 39.3 Å². The first-order chi connectivity index (χ1) is 12.8. The van der Waals surface area contributed by atoms with Crippen molar-refractivity contribution in [1.82, 2.24) is 15.6 Å². The summed E-state index contributed by atoms with van der Waals surface area (Å²) < 4.78 is 17.0. The van der Waals surface area contributed by atoms with Crippen LogP contribution in [0.5, 0.6) is 11.5 Å². The molecular formula is C20H30N4O3. The fraction of sp³-hybridized carbons (Fsp3) is 0.500. The highest BCUT2D eigenvalue weighted by atomic mass is 16.5. The number of hydrogen-bond donors (Lipinski definition) is 2. The highest BCUT2D eigenvalue weighted by Crippen LogP contribution is 2.26. The molecule has 1 heterocycles. The molecule has 1 atom stereocenters. The third kappa shape index (κ3) is 6.20. The number of oxazole rings is 1. The summed E-state index contributed by atoms with van der Waals surface area (Å²) in [5.41, 5.74) is -0.0591. The first-order valence-corrected chi connectivity index (χ1v) is 9.03. The van der Waals surface area contributed by atoms with Crippen molar-refractivity contribution < 1.29 is 13.9 Å². The minimum absolute atomic E-state index is 0.0591. The average molecular weight is 374 g/mol. The Labute approximate surface area is 161 Å². The second-order valence-corrected chi connectivity index (χ2v) is 7.25. The molecule has 2 aromatic rings. The van der Waals surface area contributed by atoms with Crippen molar-refractivity contribution >= 4 is 5.96 Å². The molecule has 2 N–H and O–H groups in total. The highest BCUT2D eigenvalue weighted by molar-refractivity contribution is 5.79. The number of aliphatic imine (C=N–C) groups is 1. The largest absolute Gasteiger partial charge is 0.493 e. The maximum absolute atomic E-state index is 5.93. The molecule has 0 saturated heterocycles. The number of nitrogens with zero attached hydrogens (tertiary/aromatic N) is 2. The summed E-state index contributed by atoms with van der Waals surface area (Å²) in [6.07, 6.45) is 1.70. The van der Waals surface area contributed by atoms with Gasteiger partial charge in [0.2, 0.25) is 5.89 Å². The summed E-state index contributed by atoms with van der Waals surface area (Å²) >= 11 is 0. The van der Waals surface area contributed by atoms with Crippen molar-refractivity contribution in [3.63, 3.8) is 0 Å². The molecule has 0 aliphatic rings. The maximum Gasteiger partial charge on any atom is 0.213 e. The van der Waals surface area contributed by atoms with E-state index in [0.717, 1.165) is 5.76 Å². The summed E-state index contributed by atoms with van der Waals surface area (Å²) in [5, 5.41) is 6.43. The number of para-hydroxylation sites is 2. The van der Waals surface area contributed by atoms with E-state index in [9.17, 15) is 0 Å². The van der Waals surface area contributed by atoms with Gasteiger partial charge in [-0.25, -0.2) is 4.98 Å². The van der Waals surface area contributed by atoms with E-state index in [1.807, 2.05) is 31.2 Å². The molecule has 148 valence electrons. The fourth-order valence-electron chi connectivity index (χ4n) is 2.33. The van der Waals surface area contributed by atoms with Crippen LogP contribution in [0.15, 0.2) is 39.9 Å². The summed E-state index contributed by atoms with van der Waals surface area (Å²) in [4.78, 5) is 8.52. The van der Waals surface area contributed by atoms with Crippen LogP contribution in [0.4, 0.5) is 0 Å². The minimum Gasteiger partial charge on any atom is -0.493 e. The Morgan fingerprint density at radius 2 is 1.93 bits per heavy atom. The van der Waals surface area contributed by atoms with Gasteiger partial charge in [-0.15, -0.1) is 0 Å². The number of guanidine groups is 1. The van der Waals surface area contributed by atoms with E-state index in [0.29, 0.717) is 36.4 Å². The number of rotatable bonds is 7. The van der Waals surface area contributed by atoms with Crippen molar-refractivity contribution in [3.8, 4) is 11.5 Å². The molecule has 1 aromatic carbocycles. The number of aromatic nitrogens is 1. The number of benzene rings is 1. The molecule has 1 unspecified atom stereocenters. The number of methoxy groups -OCH3 is 1. The normalized spacial score (nSPS) is 13.2. The lowest BCUT2D eigenvalue weighted by Gasteiger charge is -2.18. The van der Waals surface area contributed by atoms with E-state index in [4.69, 9.17) is 13.9 Å². The van der Waals surface area contributed by atoms with Crippen molar-refractivity contribution in [2.24, 2.45) is 4.99 Å². The summed E-state index contributed by atoms with van der Waals surface area (Å²) in [5.74, 6) is 3.57. The molecule has 2 rings (SSSR count). The monoisotopic (exact) mass is 374 g/mol. The average Bonchev–Trinajstić information content (AvgIpc) is 3.12. The van der Waals surface area contributed by atoms with Crippen LogP contribution in [0.2, 0.25) is 0 Å². The maximum atomic E-state index is 5.93. The van der Waals surface area contributed by atoms with Crippen LogP contribution in [0.3, 0.4) is 0 Å². The molecule has 0 saturated carbocycles. The van der Waals surface area contributed by atoms with Gasteiger partial charge in [-0.1, -0.05) is 32.9 Å². The molecule has 0 aliphatic carbocycles. The lowest BCUT2D eigenvalue weighted by atomic mass is 9.94. The fourth-order valence-corrected chi connectivity index (χ4v) is 2.33. The van der Waals surface area contributed by atoms with E-state index in [-0.39, 0.29) is 11.5 Å². The van der Waals surface area contributed by atoms with Crippen molar-refractivity contribution in [2.45, 2.75) is 45.8 Å². The molecule has 0 spiro atoms. The van der Waals surface area contributed by atoms with E-state index in [2.05, 4.69) is 41.4 Å². The molecule has 0 fully saturated rings. The van der Waals surface area contributed by atoms with Crippen LogP contribution < -0.4 is 20.1 Å². The summed E-state index contributed by atoms with van der Waals surface area (Å²) in [6, 6.07) is 7.59. The van der Waals surface area contributed by atoms with E-state index in [1.54, 1.807) is 20.4 Å². The molecular weight excluding hydrogens is 344 g/mol. The lowest BCUT2D eigenvalue weighted by molar-refractivity contribution is 0.213. The van der Waals surface area contributed by atoms with Crippen molar-refractivity contribution in [2.75, 3.05) is 20.7 Å². The number of nitrogens with one attached hydrogen (secondary N) is 2. The zero-order chi connectivity index (χ0) is 19.9. The molecule has 0 radical (unpaired) electrons. The van der Waals surface area contributed by atoms with Gasteiger partial charge in [0.1, 0.15) is 11.9 Å². The molecule has 7 nitrogen and oxygen atoms in total. The zero-order valence-corrected chi connectivity index (χ0v) is 17.0. The van der Waals surface area contributed by atoms with Gasteiger partial charge in [0, 0.05) is 12.5 Å². The Hall–Kier alpha value is -2.70. The smallest absolute Gasteiger partial charge is 0.213 e. The van der Waals surface area contributed by atoms with Crippen molar-refractivity contribution in [3.05, 3.63) is 42.1 Å². The Kier molecular flexibility index (Phi) is 7.10. The first kappa shape index (κ1) is 20.6. The predicted octanol–water partition coefficient (Wildman–Crippen LogP) is 3.11. The minimum atomic E-state index is -0.0749. The van der Waals surface area contributed by atoms with Gasteiger partial charge in [-0.05, 0) is 19.1 Å². The van der Waals surface area contributed by atoms with Crippen LogP contribution in [0.25, 0.3) is 0 Å². The Morgan fingerprint density at radius 3 is 2.52 bits per heavy atom. The van der Waals surface area contributed by atoms with Crippen LogP contribution >= 0.6 is 0 Å². The molecule has 27 heavy (non-hydrogen) atoms. The van der Waals surface area contributed by atoms with Gasteiger partial charge in [-0.3, -0.25) is 4.99 Å². The second-order valence-electron chi connectivity index (χ2n) is 7.25. The SMILES string of the molecule is CN=C(NCc1ncc(C(C)(C)C)o1)NCC(C)Oc1ccccc1OC. The van der Waals surface area contributed by atoms with Gasteiger partial charge >= 0.3 is 0 Å². The number of ether oxygens (including phenoxy) is 2. The quantitative estimate of drug-likeness (QED) is 0.572. The van der Waals surface area contributed by atoms with Gasteiger partial charge in [0.25, 0.3) is 0 Å². The molecule has 1 aromatic heterocycles. The molecule has 7 heteroatoms. The summed E-state index contributed by atoms with van der Waals surface area (Å²) in [7, 11) is 3.35. The van der Waals surface area contributed by atoms with Gasteiger partial charge in [0.05, 0.1) is 26.4 Å². The second kappa shape index (κ2) is 9.30. The predicted molar refractivity (Wildman–Crippen MR) is 106 cm³/mol. The molecule has 0 amide bonds. The highest BCUT2D eigenvalue weighted by Gasteiger charge is 2.19. The topological polar surface area (TPSA) is 80.9 Å². The van der Waals surface area contributed by atoms with Crippen molar-refractivity contribution in [1.29, 1.82) is 0 Å².